The summed E-state index contributed by atoms with van der Waals surface area (Å²) in [7, 11) is 0. The fourth-order valence-electron chi connectivity index (χ4n) is 2.95. The number of hydrogen-bond donors (Lipinski definition) is 1. The van der Waals surface area contributed by atoms with Crippen LogP contribution >= 0.6 is 15.9 Å². The summed E-state index contributed by atoms with van der Waals surface area (Å²) in [6, 6.07) is 5.75. The molecular weight excluding hydrogens is 320 g/mol. The first kappa shape index (κ1) is 15.4. The van der Waals surface area contributed by atoms with Crippen molar-refractivity contribution >= 4 is 21.6 Å². The maximum Gasteiger partial charge on any atom is 0.283 e. The summed E-state index contributed by atoms with van der Waals surface area (Å²) in [6.07, 6.45) is 6.31. The van der Waals surface area contributed by atoms with Crippen molar-refractivity contribution in [1.82, 2.24) is 5.32 Å². The molecule has 0 spiro atoms. The van der Waals surface area contributed by atoms with E-state index in [4.69, 9.17) is 0 Å². The molecule has 0 saturated heterocycles. The molecule has 2 rings (SSSR count). The molecule has 1 saturated carbocycles. The van der Waals surface area contributed by atoms with Crippen LogP contribution in [0.3, 0.4) is 0 Å². The van der Waals surface area contributed by atoms with Gasteiger partial charge >= 0.3 is 0 Å². The Hall–Kier alpha value is -0.940. The van der Waals surface area contributed by atoms with Gasteiger partial charge in [0.05, 0.1) is 9.40 Å². The van der Waals surface area contributed by atoms with Gasteiger partial charge in [-0.15, -0.1) is 0 Å². The molecule has 0 aromatic heterocycles. The van der Waals surface area contributed by atoms with E-state index in [0.717, 1.165) is 11.5 Å². The van der Waals surface area contributed by atoms with Crippen molar-refractivity contribution < 1.29 is 4.92 Å². The van der Waals surface area contributed by atoms with Gasteiger partial charge < -0.3 is 5.32 Å². The molecule has 0 amide bonds. The zero-order valence-corrected chi connectivity index (χ0v) is 13.4. The van der Waals surface area contributed by atoms with E-state index >= 15 is 0 Å². The summed E-state index contributed by atoms with van der Waals surface area (Å²) in [5.74, 6) is 0.829. The molecule has 1 aromatic carbocycles. The Bertz CT molecular complexity index is 479. The molecule has 1 aliphatic carbocycles. The number of nitrogens with one attached hydrogen (secondary N) is 1. The molecule has 1 fully saturated rings. The molecule has 2 atom stereocenters. The molecule has 1 aromatic rings. The van der Waals surface area contributed by atoms with E-state index in [0.29, 0.717) is 17.1 Å². The number of benzene rings is 1. The van der Waals surface area contributed by atoms with Crippen molar-refractivity contribution in [2.45, 2.75) is 51.6 Å². The first-order valence-electron chi connectivity index (χ1n) is 7.27. The molecule has 0 bridgehead atoms. The molecule has 0 heterocycles. The van der Waals surface area contributed by atoms with E-state index in [9.17, 15) is 10.1 Å². The molecule has 4 nitrogen and oxygen atoms in total. The number of nitro benzene ring substituents is 1. The summed E-state index contributed by atoms with van der Waals surface area (Å²) in [5, 5.41) is 14.5. The van der Waals surface area contributed by atoms with Crippen LogP contribution in [0.15, 0.2) is 22.7 Å². The van der Waals surface area contributed by atoms with Crippen molar-refractivity contribution in [3.63, 3.8) is 0 Å². The summed E-state index contributed by atoms with van der Waals surface area (Å²) in [4.78, 5) is 10.6. The smallest absolute Gasteiger partial charge is 0.283 e. The molecule has 0 radical (unpaired) electrons. The highest BCUT2D eigenvalue weighted by Crippen LogP contribution is 2.30. The lowest BCUT2D eigenvalue weighted by Crippen LogP contribution is -2.33. The second kappa shape index (κ2) is 7.18. The third kappa shape index (κ3) is 3.79. The van der Waals surface area contributed by atoms with Gasteiger partial charge in [0.1, 0.15) is 0 Å². The normalized spacial score (nSPS) is 22.7. The summed E-state index contributed by atoms with van der Waals surface area (Å²) in [6.45, 7) is 2.94. The second-order valence-corrected chi connectivity index (χ2v) is 6.32. The Balaban J connectivity index is 1.97. The highest BCUT2D eigenvalue weighted by atomic mass is 79.9. The molecule has 1 N–H and O–H groups in total. The molecule has 2 unspecified atom stereocenters. The lowest BCUT2D eigenvalue weighted by atomic mass is 9.84. The summed E-state index contributed by atoms with van der Waals surface area (Å²) >= 11 is 3.35. The van der Waals surface area contributed by atoms with Gasteiger partial charge in [0, 0.05) is 18.7 Å². The Morgan fingerprint density at radius 1 is 1.45 bits per heavy atom. The van der Waals surface area contributed by atoms with Gasteiger partial charge in [0.15, 0.2) is 0 Å². The molecule has 5 heteroatoms. The van der Waals surface area contributed by atoms with Crippen LogP contribution in [0.1, 0.15) is 44.6 Å². The van der Waals surface area contributed by atoms with Gasteiger partial charge in [-0.1, -0.05) is 38.3 Å². The number of hydrogen-bond acceptors (Lipinski definition) is 3. The van der Waals surface area contributed by atoms with Crippen LogP contribution in [0.4, 0.5) is 5.69 Å². The van der Waals surface area contributed by atoms with Crippen molar-refractivity contribution in [3.05, 3.63) is 38.3 Å². The van der Waals surface area contributed by atoms with E-state index in [1.165, 1.54) is 38.2 Å². The number of nitro groups is 1. The van der Waals surface area contributed by atoms with Crippen molar-refractivity contribution in [2.24, 2.45) is 5.92 Å². The Morgan fingerprint density at radius 3 is 2.95 bits per heavy atom. The summed E-state index contributed by atoms with van der Waals surface area (Å²) < 4.78 is 0.598. The van der Waals surface area contributed by atoms with Crippen LogP contribution < -0.4 is 5.32 Å². The van der Waals surface area contributed by atoms with Crippen molar-refractivity contribution in [3.8, 4) is 0 Å². The standard InChI is InChI=1S/C15H21BrN2O2/c1-2-11-5-3-7-13(9-11)17-10-12-6-4-8-14(15(12)16)18(19)20/h4,6,8,11,13,17H,2-3,5,7,9-10H2,1H3. The molecule has 1 aliphatic rings. The molecule has 0 aliphatic heterocycles. The van der Waals surface area contributed by atoms with Crippen LogP contribution in [0, 0.1) is 16.0 Å². The minimum atomic E-state index is -0.346. The zero-order chi connectivity index (χ0) is 14.5. The summed E-state index contributed by atoms with van der Waals surface area (Å²) in [5.41, 5.74) is 1.09. The van der Waals surface area contributed by atoms with Gasteiger partial charge in [-0.2, -0.15) is 0 Å². The highest BCUT2D eigenvalue weighted by molar-refractivity contribution is 9.10. The maximum absolute atomic E-state index is 10.9. The van der Waals surface area contributed by atoms with Gasteiger partial charge in [0.25, 0.3) is 5.69 Å². The number of halogens is 1. The predicted octanol–water partition coefficient (Wildman–Crippen LogP) is 4.42. The van der Waals surface area contributed by atoms with Crippen LogP contribution in [-0.4, -0.2) is 11.0 Å². The average Bonchev–Trinajstić information content (AvgIpc) is 2.46. The van der Waals surface area contributed by atoms with E-state index < -0.39 is 0 Å². The molecule has 110 valence electrons. The topological polar surface area (TPSA) is 55.2 Å². The Morgan fingerprint density at radius 2 is 2.25 bits per heavy atom. The van der Waals surface area contributed by atoms with Gasteiger partial charge in [-0.05, 0) is 40.3 Å². The first-order valence-corrected chi connectivity index (χ1v) is 8.06. The number of nitrogens with zero attached hydrogens (tertiary/aromatic N) is 1. The lowest BCUT2D eigenvalue weighted by Gasteiger charge is -2.29. The van der Waals surface area contributed by atoms with Gasteiger partial charge in [-0.25, -0.2) is 0 Å². The SMILES string of the molecule is CCC1CCCC(NCc2cccc([N+](=O)[O-])c2Br)C1. The average molecular weight is 341 g/mol. The van der Waals surface area contributed by atoms with Crippen LogP contribution in [0.25, 0.3) is 0 Å². The minimum Gasteiger partial charge on any atom is -0.310 e. The van der Waals surface area contributed by atoms with Gasteiger partial charge in [-0.3, -0.25) is 10.1 Å². The first-order chi connectivity index (χ1) is 9.61. The van der Waals surface area contributed by atoms with E-state index in [1.807, 2.05) is 6.07 Å². The number of rotatable bonds is 5. The monoisotopic (exact) mass is 340 g/mol. The quantitative estimate of drug-likeness (QED) is 0.637. The fraction of sp³-hybridized carbons (Fsp3) is 0.600. The Labute approximate surface area is 128 Å². The third-order valence-corrected chi connectivity index (χ3v) is 5.11. The van der Waals surface area contributed by atoms with Crippen LogP contribution in [0.2, 0.25) is 0 Å². The molecule has 20 heavy (non-hydrogen) atoms. The van der Waals surface area contributed by atoms with E-state index in [-0.39, 0.29) is 10.6 Å². The zero-order valence-electron chi connectivity index (χ0n) is 11.8. The molecular formula is C15H21BrN2O2. The van der Waals surface area contributed by atoms with Crippen molar-refractivity contribution in [2.75, 3.05) is 0 Å². The predicted molar refractivity (Wildman–Crippen MR) is 83.7 cm³/mol. The lowest BCUT2D eigenvalue weighted by molar-refractivity contribution is -0.385. The van der Waals surface area contributed by atoms with Crippen LogP contribution in [-0.2, 0) is 6.54 Å². The third-order valence-electron chi connectivity index (χ3n) is 4.20. The second-order valence-electron chi connectivity index (χ2n) is 5.53. The minimum absolute atomic E-state index is 0.138. The fourth-order valence-corrected chi connectivity index (χ4v) is 3.49. The van der Waals surface area contributed by atoms with E-state index in [2.05, 4.69) is 28.2 Å². The largest absolute Gasteiger partial charge is 0.310 e. The maximum atomic E-state index is 10.9. The van der Waals surface area contributed by atoms with Gasteiger partial charge in [0.2, 0.25) is 0 Å². The highest BCUT2D eigenvalue weighted by Gasteiger charge is 2.21. The van der Waals surface area contributed by atoms with Crippen LogP contribution in [0.5, 0.6) is 0 Å². The van der Waals surface area contributed by atoms with Crippen molar-refractivity contribution in [1.29, 1.82) is 0 Å². The Kier molecular flexibility index (Phi) is 5.54. The van der Waals surface area contributed by atoms with E-state index in [1.54, 1.807) is 6.07 Å².